The third-order valence-electron chi connectivity index (χ3n) is 3.02. The van der Waals surface area contributed by atoms with Crippen LogP contribution in [0.15, 0.2) is 29.2 Å². The van der Waals surface area contributed by atoms with Crippen molar-refractivity contribution in [3.63, 3.8) is 0 Å². The lowest BCUT2D eigenvalue weighted by molar-refractivity contribution is 0.578. The van der Waals surface area contributed by atoms with Crippen LogP contribution in [-0.2, 0) is 27.2 Å². The Hall–Kier alpha value is -0.830. The minimum absolute atomic E-state index is 0.0411. The Bertz CT molecular complexity index is 612. The van der Waals surface area contributed by atoms with E-state index < -0.39 is 20.8 Å². The minimum Gasteiger partial charge on any atom is -0.393 e. The van der Waals surface area contributed by atoms with E-state index >= 15 is 0 Å². The van der Waals surface area contributed by atoms with Crippen LogP contribution in [0.2, 0.25) is 0 Å². The first-order chi connectivity index (χ1) is 9.72. The Balaban J connectivity index is 2.66. The van der Waals surface area contributed by atoms with Gasteiger partial charge in [0.15, 0.2) is 0 Å². The first kappa shape index (κ1) is 18.2. The van der Waals surface area contributed by atoms with Gasteiger partial charge in [0.1, 0.15) is 0 Å². The van der Waals surface area contributed by atoms with Gasteiger partial charge >= 0.3 is 0 Å². The maximum Gasteiger partial charge on any atom is 0.240 e. The fourth-order valence-electron chi connectivity index (χ4n) is 1.63. The molecule has 0 spiro atoms. The minimum atomic E-state index is -3.54. The zero-order valence-electron chi connectivity index (χ0n) is 12.0. The molecule has 118 valence electrons. The summed E-state index contributed by atoms with van der Waals surface area (Å²) in [6, 6.07) is 6.43. The zero-order chi connectivity index (χ0) is 16.0. The second-order valence-corrected chi connectivity index (χ2v) is 8.88. The van der Waals surface area contributed by atoms with E-state index in [0.717, 1.165) is 5.56 Å². The Labute approximate surface area is 133 Å². The van der Waals surface area contributed by atoms with E-state index in [4.69, 9.17) is 18.0 Å². The molecule has 0 aromatic heterocycles. The average molecular weight is 349 g/mol. The number of hydrogen-bond donors (Lipinski definition) is 2. The summed E-state index contributed by atoms with van der Waals surface area (Å²) in [4.78, 5) is 0.560. The Morgan fingerprint density at radius 3 is 2.43 bits per heavy atom. The maximum absolute atomic E-state index is 12.1. The van der Waals surface area contributed by atoms with Gasteiger partial charge in [0.25, 0.3) is 0 Å². The lowest BCUT2D eigenvalue weighted by Crippen LogP contribution is -2.27. The van der Waals surface area contributed by atoms with E-state index in [1.165, 1.54) is 12.1 Å². The molecule has 0 aliphatic rings. The number of benzene rings is 1. The van der Waals surface area contributed by atoms with Crippen molar-refractivity contribution in [1.82, 2.24) is 4.72 Å². The molecule has 8 heteroatoms. The number of thiocarbonyl (C=S) groups is 1. The Morgan fingerprint density at radius 2 is 1.95 bits per heavy atom. The van der Waals surface area contributed by atoms with Crippen LogP contribution in [0.25, 0.3) is 0 Å². The summed E-state index contributed by atoms with van der Waals surface area (Å²) in [5.74, 6) is 0. The van der Waals surface area contributed by atoms with Gasteiger partial charge in [-0.2, -0.15) is 0 Å². The molecule has 2 atom stereocenters. The first-order valence-electron chi connectivity index (χ1n) is 6.41. The van der Waals surface area contributed by atoms with Gasteiger partial charge in [-0.15, -0.1) is 0 Å². The highest BCUT2D eigenvalue weighted by atomic mass is 32.2. The predicted octanol–water partition coefficient (Wildman–Crippen LogP) is 0.951. The van der Waals surface area contributed by atoms with Crippen molar-refractivity contribution in [2.75, 3.05) is 12.8 Å². The van der Waals surface area contributed by atoms with Crippen molar-refractivity contribution in [3.05, 3.63) is 29.8 Å². The fourth-order valence-corrected chi connectivity index (χ4v) is 3.30. The van der Waals surface area contributed by atoms with Gasteiger partial charge in [0, 0.05) is 35.3 Å². The van der Waals surface area contributed by atoms with Crippen LogP contribution in [0.1, 0.15) is 18.9 Å². The molecule has 1 aromatic rings. The molecule has 0 aliphatic heterocycles. The summed E-state index contributed by atoms with van der Waals surface area (Å²) in [5, 5.41) is -0.0411. The van der Waals surface area contributed by atoms with E-state index in [9.17, 15) is 12.6 Å². The standard InChI is InChI=1S/C13H20N2O3S3/c1-10(20(2)16)7-8-15-21(17,18)12-5-3-11(4-6-12)9-13(14)19/h3-6,10,15H,7-9H2,1-2H3,(H2,14,19). The monoisotopic (exact) mass is 348 g/mol. The molecular formula is C13H20N2O3S3. The van der Waals surface area contributed by atoms with Crippen molar-refractivity contribution in [3.8, 4) is 0 Å². The number of nitrogens with one attached hydrogen (secondary N) is 1. The molecule has 5 nitrogen and oxygen atoms in total. The number of hydrogen-bond acceptors (Lipinski definition) is 4. The van der Waals surface area contributed by atoms with Crippen LogP contribution < -0.4 is 10.5 Å². The van der Waals surface area contributed by atoms with Crippen LogP contribution in [0.5, 0.6) is 0 Å². The molecule has 21 heavy (non-hydrogen) atoms. The van der Waals surface area contributed by atoms with Crippen LogP contribution >= 0.6 is 12.2 Å². The summed E-state index contributed by atoms with van der Waals surface area (Å²) in [6.07, 6.45) is 2.59. The van der Waals surface area contributed by atoms with Gasteiger partial charge in [-0.05, 0) is 24.1 Å². The summed E-state index contributed by atoms with van der Waals surface area (Å²) in [6.45, 7) is 2.09. The van der Waals surface area contributed by atoms with Gasteiger partial charge < -0.3 is 5.73 Å². The molecule has 2 unspecified atom stereocenters. The van der Waals surface area contributed by atoms with Gasteiger partial charge in [0.2, 0.25) is 10.0 Å². The number of rotatable bonds is 8. The lowest BCUT2D eigenvalue weighted by atomic mass is 10.1. The first-order valence-corrected chi connectivity index (χ1v) is 9.93. The molecule has 0 amide bonds. The lowest BCUT2D eigenvalue weighted by Gasteiger charge is -2.10. The van der Waals surface area contributed by atoms with Crippen molar-refractivity contribution in [2.24, 2.45) is 5.73 Å². The van der Waals surface area contributed by atoms with Crippen molar-refractivity contribution in [1.29, 1.82) is 0 Å². The molecule has 0 radical (unpaired) electrons. The molecule has 0 heterocycles. The average Bonchev–Trinajstić information content (AvgIpc) is 2.38. The van der Waals surface area contributed by atoms with Gasteiger partial charge in [-0.1, -0.05) is 31.3 Å². The molecule has 0 fully saturated rings. The van der Waals surface area contributed by atoms with E-state index in [1.807, 2.05) is 6.92 Å². The van der Waals surface area contributed by atoms with Gasteiger partial charge in [-0.3, -0.25) is 4.21 Å². The molecule has 1 aromatic carbocycles. The number of sulfonamides is 1. The molecule has 0 bridgehead atoms. The molecule has 0 saturated carbocycles. The van der Waals surface area contributed by atoms with Gasteiger partial charge in [0.05, 0.1) is 9.88 Å². The molecule has 0 aliphatic carbocycles. The van der Waals surface area contributed by atoms with Crippen molar-refractivity contribution in [2.45, 2.75) is 29.9 Å². The van der Waals surface area contributed by atoms with E-state index in [1.54, 1.807) is 18.4 Å². The highest BCUT2D eigenvalue weighted by Gasteiger charge is 2.14. The van der Waals surface area contributed by atoms with Crippen molar-refractivity contribution >= 4 is 38.0 Å². The third-order valence-corrected chi connectivity index (χ3v) is 6.01. The molecule has 3 N–H and O–H groups in total. The van der Waals surface area contributed by atoms with Gasteiger partial charge in [-0.25, -0.2) is 13.1 Å². The number of nitrogens with two attached hydrogens (primary N) is 1. The largest absolute Gasteiger partial charge is 0.393 e. The summed E-state index contributed by atoms with van der Waals surface area (Å²) >= 11 is 4.81. The summed E-state index contributed by atoms with van der Waals surface area (Å²) in [7, 11) is -4.49. The second kappa shape index (κ2) is 7.98. The smallest absolute Gasteiger partial charge is 0.240 e. The SMILES string of the molecule is CC(CCNS(=O)(=O)c1ccc(CC(N)=S)cc1)S(C)=O. The van der Waals surface area contributed by atoms with E-state index in [-0.39, 0.29) is 16.7 Å². The normalized spacial score (nSPS) is 14.6. The van der Waals surface area contributed by atoms with E-state index in [0.29, 0.717) is 17.8 Å². The molecular weight excluding hydrogens is 328 g/mol. The topological polar surface area (TPSA) is 89.3 Å². The predicted molar refractivity (Wildman–Crippen MR) is 90.3 cm³/mol. The van der Waals surface area contributed by atoms with Crippen LogP contribution in [0.3, 0.4) is 0 Å². The Morgan fingerprint density at radius 1 is 1.38 bits per heavy atom. The van der Waals surface area contributed by atoms with E-state index in [2.05, 4.69) is 4.72 Å². The van der Waals surface area contributed by atoms with Crippen LogP contribution in [0, 0.1) is 0 Å². The summed E-state index contributed by atoms with van der Waals surface area (Å²) < 4.78 is 37.9. The van der Waals surface area contributed by atoms with Crippen LogP contribution in [0.4, 0.5) is 0 Å². The molecule has 0 saturated heterocycles. The highest BCUT2D eigenvalue weighted by molar-refractivity contribution is 7.89. The zero-order valence-corrected chi connectivity index (χ0v) is 14.5. The summed E-state index contributed by atoms with van der Waals surface area (Å²) in [5.41, 5.74) is 6.31. The van der Waals surface area contributed by atoms with Crippen molar-refractivity contribution < 1.29 is 12.6 Å². The quantitative estimate of drug-likeness (QED) is 0.683. The van der Waals surface area contributed by atoms with Crippen LogP contribution in [-0.4, -0.2) is 35.7 Å². The Kier molecular flexibility index (Phi) is 6.92. The fraction of sp³-hybridized carbons (Fsp3) is 0.462. The maximum atomic E-state index is 12.1. The second-order valence-electron chi connectivity index (χ2n) is 4.78. The molecule has 1 rings (SSSR count). The highest BCUT2D eigenvalue weighted by Crippen LogP contribution is 2.11. The third kappa shape index (κ3) is 6.21.